The molecule has 2 amide bonds. The molecule has 6 rings (SSSR count). The van der Waals surface area contributed by atoms with E-state index in [-0.39, 0.29) is 5.41 Å². The number of carbonyl (C=O) groups is 1. The second-order valence-corrected chi connectivity index (χ2v) is 10.7. The Kier molecular flexibility index (Phi) is 6.71. The third-order valence-electron chi connectivity index (χ3n) is 6.71. The topological polar surface area (TPSA) is 162 Å². The van der Waals surface area contributed by atoms with Crippen LogP contribution in [0.25, 0.3) is 28.0 Å². The number of hydrogen-bond donors (Lipinski definition) is 3. The van der Waals surface area contributed by atoms with Crippen LogP contribution in [-0.2, 0) is 10.2 Å². The summed E-state index contributed by atoms with van der Waals surface area (Å²) in [5, 5.41) is 14.9. The highest BCUT2D eigenvalue weighted by atomic mass is 16.5. The van der Waals surface area contributed by atoms with Crippen LogP contribution >= 0.6 is 0 Å². The Morgan fingerprint density at radius 3 is 2.46 bits per heavy atom. The minimum atomic E-state index is -0.438. The molecular formula is C28H30N10O3. The SMILES string of the molecule is CC(C)(C)c1cc(NC(=O)Nc2ccc(-n3nc(-c4ccc(N5CCOCC5)nc4)c4c(N)ncnc43)cc2)no1. The van der Waals surface area contributed by atoms with Crippen LogP contribution in [0.5, 0.6) is 0 Å². The summed E-state index contributed by atoms with van der Waals surface area (Å²) >= 11 is 0. The average Bonchev–Trinajstić information content (AvgIpc) is 3.60. The van der Waals surface area contributed by atoms with Gasteiger partial charge in [0.1, 0.15) is 29.4 Å². The lowest BCUT2D eigenvalue weighted by molar-refractivity contribution is 0.122. The number of morpholine rings is 1. The van der Waals surface area contributed by atoms with E-state index in [2.05, 4.69) is 35.6 Å². The zero-order valence-electron chi connectivity index (χ0n) is 23.0. The van der Waals surface area contributed by atoms with Gasteiger partial charge >= 0.3 is 6.03 Å². The van der Waals surface area contributed by atoms with Gasteiger partial charge in [-0.2, -0.15) is 5.10 Å². The number of hydrogen-bond acceptors (Lipinski definition) is 10. The number of benzene rings is 1. The third-order valence-corrected chi connectivity index (χ3v) is 6.71. The molecule has 1 aliphatic heterocycles. The van der Waals surface area contributed by atoms with Gasteiger partial charge in [-0.25, -0.2) is 24.4 Å². The molecule has 1 fully saturated rings. The van der Waals surface area contributed by atoms with Gasteiger partial charge < -0.3 is 25.2 Å². The van der Waals surface area contributed by atoms with Crippen molar-refractivity contribution < 1.29 is 14.1 Å². The van der Waals surface area contributed by atoms with E-state index in [9.17, 15) is 4.79 Å². The number of rotatable bonds is 5. The maximum atomic E-state index is 12.5. The molecule has 0 aliphatic carbocycles. The fraction of sp³-hybridized carbons (Fsp3) is 0.286. The average molecular weight is 555 g/mol. The molecule has 4 aromatic heterocycles. The maximum Gasteiger partial charge on any atom is 0.324 e. The first-order chi connectivity index (χ1) is 19.8. The normalized spacial score (nSPS) is 13.9. The van der Waals surface area contributed by atoms with Crippen molar-refractivity contribution in [2.75, 3.05) is 47.6 Å². The Hall–Kier alpha value is -5.04. The second-order valence-electron chi connectivity index (χ2n) is 10.7. The number of pyridine rings is 1. The van der Waals surface area contributed by atoms with Gasteiger partial charge in [0.05, 0.1) is 24.3 Å². The van der Waals surface area contributed by atoms with Crippen LogP contribution in [0, 0.1) is 0 Å². The van der Waals surface area contributed by atoms with E-state index >= 15 is 0 Å². The number of aromatic nitrogens is 6. The molecule has 0 radical (unpaired) electrons. The molecule has 1 aliphatic rings. The first-order valence-corrected chi connectivity index (χ1v) is 13.2. The molecule has 0 unspecified atom stereocenters. The highest BCUT2D eigenvalue weighted by Crippen LogP contribution is 2.32. The number of urea groups is 1. The van der Waals surface area contributed by atoms with Crippen LogP contribution in [-0.4, -0.2) is 62.2 Å². The quantitative estimate of drug-likeness (QED) is 0.287. The van der Waals surface area contributed by atoms with Crippen molar-refractivity contribution in [1.82, 2.24) is 29.9 Å². The number of carbonyl (C=O) groups excluding carboxylic acids is 1. The molecule has 0 atom stereocenters. The Morgan fingerprint density at radius 2 is 1.78 bits per heavy atom. The summed E-state index contributed by atoms with van der Waals surface area (Å²) in [6, 6.07) is 12.4. The Balaban J connectivity index is 1.23. The summed E-state index contributed by atoms with van der Waals surface area (Å²) < 4.78 is 12.5. The highest BCUT2D eigenvalue weighted by Gasteiger charge is 2.21. The standard InChI is InChI=1S/C28H30N10O3/c1-28(2,3)20-14-21(36-41-20)34-27(39)33-18-5-7-19(8-6-18)38-26-23(25(29)31-16-32-26)24(35-38)17-4-9-22(30-15-17)37-10-12-40-13-11-37/h4-9,14-16H,10-13H2,1-3H3,(H2,29,31,32)(H2,33,34,36,39). The summed E-state index contributed by atoms with van der Waals surface area (Å²) in [4.78, 5) is 28.0. The van der Waals surface area contributed by atoms with E-state index in [4.69, 9.17) is 20.1 Å². The molecule has 13 heteroatoms. The summed E-state index contributed by atoms with van der Waals surface area (Å²) in [6.07, 6.45) is 3.20. The van der Waals surface area contributed by atoms with Gasteiger partial charge in [0.15, 0.2) is 11.5 Å². The minimum Gasteiger partial charge on any atom is -0.383 e. The Labute approximate surface area is 235 Å². The maximum absolute atomic E-state index is 12.5. The molecule has 4 N–H and O–H groups in total. The molecule has 41 heavy (non-hydrogen) atoms. The van der Waals surface area contributed by atoms with Crippen LogP contribution in [0.3, 0.4) is 0 Å². The van der Waals surface area contributed by atoms with Crippen molar-refractivity contribution >= 4 is 40.2 Å². The third kappa shape index (κ3) is 5.39. The number of nitrogens with zero attached hydrogens (tertiary/aromatic N) is 7. The molecule has 0 bridgehead atoms. The Bertz CT molecular complexity index is 1680. The molecule has 1 aromatic carbocycles. The van der Waals surface area contributed by atoms with Gasteiger partial charge in [0.25, 0.3) is 0 Å². The van der Waals surface area contributed by atoms with E-state index in [1.54, 1.807) is 29.1 Å². The summed E-state index contributed by atoms with van der Waals surface area (Å²) in [5.74, 6) is 2.22. The van der Waals surface area contributed by atoms with E-state index in [0.29, 0.717) is 53.0 Å². The van der Waals surface area contributed by atoms with E-state index in [1.807, 2.05) is 45.0 Å². The highest BCUT2D eigenvalue weighted by molar-refractivity contribution is 6.00. The van der Waals surface area contributed by atoms with Crippen LogP contribution < -0.4 is 21.3 Å². The van der Waals surface area contributed by atoms with Crippen molar-refractivity contribution in [1.29, 1.82) is 0 Å². The summed E-state index contributed by atoms with van der Waals surface area (Å²) in [6.45, 7) is 8.99. The lowest BCUT2D eigenvalue weighted by Crippen LogP contribution is -2.36. The van der Waals surface area contributed by atoms with Gasteiger partial charge in [0, 0.05) is 42.0 Å². The first-order valence-electron chi connectivity index (χ1n) is 13.2. The molecule has 1 saturated heterocycles. The lowest BCUT2D eigenvalue weighted by atomic mass is 9.93. The number of nitrogens with two attached hydrogens (primary N) is 1. The smallest absolute Gasteiger partial charge is 0.324 e. The van der Waals surface area contributed by atoms with Crippen molar-refractivity contribution in [3.63, 3.8) is 0 Å². The van der Waals surface area contributed by atoms with Gasteiger partial charge in [-0.1, -0.05) is 25.9 Å². The largest absolute Gasteiger partial charge is 0.383 e. The lowest BCUT2D eigenvalue weighted by Gasteiger charge is -2.27. The molecule has 5 aromatic rings. The van der Waals surface area contributed by atoms with Gasteiger partial charge in [-0.05, 0) is 36.4 Å². The first kappa shape index (κ1) is 26.2. The van der Waals surface area contributed by atoms with Crippen molar-refractivity contribution in [3.05, 3.63) is 60.7 Å². The van der Waals surface area contributed by atoms with Gasteiger partial charge in [0.2, 0.25) is 0 Å². The van der Waals surface area contributed by atoms with Gasteiger partial charge in [-0.3, -0.25) is 5.32 Å². The zero-order chi connectivity index (χ0) is 28.6. The fourth-order valence-electron chi connectivity index (χ4n) is 4.51. The number of nitrogen functional groups attached to an aromatic ring is 1. The van der Waals surface area contributed by atoms with Crippen molar-refractivity contribution in [2.24, 2.45) is 0 Å². The molecule has 210 valence electrons. The number of fused-ring (bicyclic) bond motifs is 1. The van der Waals surface area contributed by atoms with E-state index in [0.717, 1.165) is 30.2 Å². The second kappa shape index (κ2) is 10.5. The number of ether oxygens (including phenoxy) is 1. The summed E-state index contributed by atoms with van der Waals surface area (Å²) in [5.41, 5.74) is 9.37. The van der Waals surface area contributed by atoms with E-state index in [1.165, 1.54) is 6.33 Å². The van der Waals surface area contributed by atoms with E-state index < -0.39 is 6.03 Å². The minimum absolute atomic E-state index is 0.214. The van der Waals surface area contributed by atoms with Crippen molar-refractivity contribution in [3.8, 4) is 16.9 Å². The number of anilines is 4. The monoisotopic (exact) mass is 554 g/mol. The predicted molar refractivity (Wildman–Crippen MR) is 155 cm³/mol. The van der Waals surface area contributed by atoms with Crippen LogP contribution in [0.1, 0.15) is 26.5 Å². The number of amides is 2. The summed E-state index contributed by atoms with van der Waals surface area (Å²) in [7, 11) is 0. The fourth-order valence-corrected chi connectivity index (χ4v) is 4.51. The molecule has 0 spiro atoms. The van der Waals surface area contributed by atoms with Crippen LogP contribution in [0.2, 0.25) is 0 Å². The molecular weight excluding hydrogens is 524 g/mol. The molecule has 5 heterocycles. The number of nitrogens with one attached hydrogen (secondary N) is 2. The zero-order valence-corrected chi connectivity index (χ0v) is 23.0. The van der Waals surface area contributed by atoms with Crippen LogP contribution in [0.15, 0.2) is 59.5 Å². The molecule has 13 nitrogen and oxygen atoms in total. The molecule has 0 saturated carbocycles. The van der Waals surface area contributed by atoms with Crippen LogP contribution in [0.4, 0.5) is 27.9 Å². The van der Waals surface area contributed by atoms with Gasteiger partial charge in [-0.15, -0.1) is 0 Å². The van der Waals surface area contributed by atoms with Crippen molar-refractivity contribution in [2.45, 2.75) is 26.2 Å². The predicted octanol–water partition coefficient (Wildman–Crippen LogP) is 4.23. The Morgan fingerprint density at radius 1 is 1.00 bits per heavy atom.